The summed E-state index contributed by atoms with van der Waals surface area (Å²) in [5.74, 6) is 5.60. The Hall–Kier alpha value is -1.36. The van der Waals surface area contributed by atoms with Crippen molar-refractivity contribution in [1.29, 1.82) is 0 Å². The number of aromatic nitrogens is 1. The average Bonchev–Trinajstić information content (AvgIpc) is 2.88. The van der Waals surface area contributed by atoms with Crippen LogP contribution in [0.3, 0.4) is 0 Å². The Morgan fingerprint density at radius 3 is 2.86 bits per heavy atom. The van der Waals surface area contributed by atoms with Crippen LogP contribution in [-0.4, -0.2) is 4.98 Å². The normalized spacial score (nSPS) is 17.1. The molecule has 1 saturated carbocycles. The van der Waals surface area contributed by atoms with Crippen LogP contribution >= 0.6 is 0 Å². The van der Waals surface area contributed by atoms with E-state index in [1.807, 2.05) is 0 Å². The molecular formula is C12H12FN. The monoisotopic (exact) mass is 189 g/mol. The van der Waals surface area contributed by atoms with E-state index in [0.717, 1.165) is 12.8 Å². The number of halogens is 1. The van der Waals surface area contributed by atoms with E-state index in [4.69, 9.17) is 0 Å². The van der Waals surface area contributed by atoms with Crippen LogP contribution in [0.15, 0.2) is 12.3 Å². The van der Waals surface area contributed by atoms with Crippen molar-refractivity contribution in [3.05, 3.63) is 29.3 Å². The summed E-state index contributed by atoms with van der Waals surface area (Å²) in [7, 11) is 0. The van der Waals surface area contributed by atoms with Gasteiger partial charge in [-0.2, -0.15) is 0 Å². The van der Waals surface area contributed by atoms with Gasteiger partial charge in [0.1, 0.15) is 5.69 Å². The SMILES string of the molecule is Cc1ccnc(C#CC2(C)CC2)c1F. The number of pyridine rings is 1. The van der Waals surface area contributed by atoms with Crippen molar-refractivity contribution in [2.45, 2.75) is 26.7 Å². The van der Waals surface area contributed by atoms with Gasteiger partial charge in [0.25, 0.3) is 0 Å². The molecule has 0 amide bonds. The number of nitrogens with zero attached hydrogens (tertiary/aromatic N) is 1. The maximum absolute atomic E-state index is 13.4. The molecule has 0 bridgehead atoms. The van der Waals surface area contributed by atoms with E-state index in [9.17, 15) is 4.39 Å². The summed E-state index contributed by atoms with van der Waals surface area (Å²) >= 11 is 0. The molecule has 72 valence electrons. The van der Waals surface area contributed by atoms with Crippen LogP contribution in [0.25, 0.3) is 0 Å². The smallest absolute Gasteiger partial charge is 0.160 e. The Balaban J connectivity index is 2.31. The summed E-state index contributed by atoms with van der Waals surface area (Å²) in [5, 5.41) is 0. The standard InChI is InChI=1S/C12H12FN/c1-9-4-8-14-10(11(9)13)3-5-12(2)6-7-12/h4,8H,6-7H2,1-2H3. The first-order chi connectivity index (χ1) is 6.61. The van der Waals surface area contributed by atoms with Crippen LogP contribution in [-0.2, 0) is 0 Å². The topological polar surface area (TPSA) is 12.9 Å². The van der Waals surface area contributed by atoms with Crippen LogP contribution in [0.1, 0.15) is 31.0 Å². The molecule has 1 nitrogen and oxygen atoms in total. The molecule has 1 aromatic heterocycles. The van der Waals surface area contributed by atoms with E-state index in [1.54, 1.807) is 19.2 Å². The molecule has 0 atom stereocenters. The van der Waals surface area contributed by atoms with Crippen LogP contribution in [0, 0.1) is 30.0 Å². The van der Waals surface area contributed by atoms with E-state index < -0.39 is 0 Å². The van der Waals surface area contributed by atoms with Crippen molar-refractivity contribution < 1.29 is 4.39 Å². The summed E-state index contributed by atoms with van der Waals surface area (Å²) in [6.07, 6.45) is 3.83. The molecule has 14 heavy (non-hydrogen) atoms. The lowest BCUT2D eigenvalue weighted by atomic mass is 10.1. The zero-order chi connectivity index (χ0) is 10.2. The van der Waals surface area contributed by atoms with Gasteiger partial charge < -0.3 is 0 Å². The summed E-state index contributed by atoms with van der Waals surface area (Å²) in [5.41, 5.74) is 1.00. The van der Waals surface area contributed by atoms with Crippen molar-refractivity contribution in [2.24, 2.45) is 5.41 Å². The molecule has 1 aliphatic carbocycles. The molecule has 1 heterocycles. The van der Waals surface area contributed by atoms with Crippen LogP contribution in [0.4, 0.5) is 4.39 Å². The number of hydrogen-bond acceptors (Lipinski definition) is 1. The maximum atomic E-state index is 13.4. The largest absolute Gasteiger partial charge is 0.245 e. The number of aryl methyl sites for hydroxylation is 1. The molecule has 0 aromatic carbocycles. The Bertz CT molecular complexity index is 422. The molecule has 2 rings (SSSR count). The fourth-order valence-corrected chi connectivity index (χ4v) is 1.15. The summed E-state index contributed by atoms with van der Waals surface area (Å²) in [4.78, 5) is 3.92. The molecule has 0 saturated heterocycles. The van der Waals surface area contributed by atoms with Gasteiger partial charge >= 0.3 is 0 Å². The average molecular weight is 189 g/mol. The molecule has 0 unspecified atom stereocenters. The van der Waals surface area contributed by atoms with Gasteiger partial charge in [0.2, 0.25) is 0 Å². The zero-order valence-corrected chi connectivity index (χ0v) is 8.39. The molecule has 1 aromatic rings. The Morgan fingerprint density at radius 2 is 2.21 bits per heavy atom. The molecule has 0 N–H and O–H groups in total. The van der Waals surface area contributed by atoms with Gasteiger partial charge in [-0.15, -0.1) is 0 Å². The lowest BCUT2D eigenvalue weighted by Crippen LogP contribution is -1.93. The number of rotatable bonds is 0. The van der Waals surface area contributed by atoms with Crippen molar-refractivity contribution in [3.63, 3.8) is 0 Å². The first-order valence-electron chi connectivity index (χ1n) is 4.75. The highest BCUT2D eigenvalue weighted by atomic mass is 19.1. The highest BCUT2D eigenvalue weighted by molar-refractivity contribution is 5.35. The highest BCUT2D eigenvalue weighted by Crippen LogP contribution is 2.44. The minimum atomic E-state index is -0.288. The van der Waals surface area contributed by atoms with Crippen LogP contribution in [0.2, 0.25) is 0 Å². The van der Waals surface area contributed by atoms with Crippen molar-refractivity contribution >= 4 is 0 Å². The fraction of sp³-hybridized carbons (Fsp3) is 0.417. The van der Waals surface area contributed by atoms with Gasteiger partial charge in [0.05, 0.1) is 0 Å². The third kappa shape index (κ3) is 1.77. The highest BCUT2D eigenvalue weighted by Gasteiger charge is 2.35. The van der Waals surface area contributed by atoms with E-state index in [0.29, 0.717) is 5.56 Å². The van der Waals surface area contributed by atoms with Gasteiger partial charge in [0, 0.05) is 11.6 Å². The lowest BCUT2D eigenvalue weighted by molar-refractivity contribution is 0.607. The van der Waals surface area contributed by atoms with Crippen LogP contribution in [0.5, 0.6) is 0 Å². The summed E-state index contributed by atoms with van der Waals surface area (Å²) in [6, 6.07) is 1.65. The molecule has 0 spiro atoms. The minimum absolute atomic E-state index is 0.123. The fourth-order valence-electron chi connectivity index (χ4n) is 1.15. The predicted molar refractivity (Wildman–Crippen MR) is 53.2 cm³/mol. The quantitative estimate of drug-likeness (QED) is 0.572. The molecule has 1 aliphatic rings. The van der Waals surface area contributed by atoms with E-state index in [2.05, 4.69) is 23.7 Å². The minimum Gasteiger partial charge on any atom is -0.245 e. The Labute approximate surface area is 83.4 Å². The van der Waals surface area contributed by atoms with E-state index in [-0.39, 0.29) is 16.9 Å². The Kier molecular flexibility index (Phi) is 2.03. The number of hydrogen-bond donors (Lipinski definition) is 0. The van der Waals surface area contributed by atoms with Gasteiger partial charge in [-0.25, -0.2) is 9.37 Å². The Morgan fingerprint density at radius 1 is 1.50 bits per heavy atom. The molecule has 1 fully saturated rings. The lowest BCUT2D eigenvalue weighted by Gasteiger charge is -1.97. The third-order valence-electron chi connectivity index (χ3n) is 2.56. The van der Waals surface area contributed by atoms with Gasteiger partial charge in [-0.1, -0.05) is 5.92 Å². The zero-order valence-electron chi connectivity index (χ0n) is 8.39. The summed E-state index contributed by atoms with van der Waals surface area (Å²) < 4.78 is 13.4. The second-order valence-corrected chi connectivity index (χ2v) is 4.10. The predicted octanol–water partition coefficient (Wildman–Crippen LogP) is 2.68. The van der Waals surface area contributed by atoms with Gasteiger partial charge in [0.15, 0.2) is 5.82 Å². The van der Waals surface area contributed by atoms with E-state index >= 15 is 0 Å². The molecule has 0 radical (unpaired) electrons. The molecule has 0 aliphatic heterocycles. The first kappa shape index (κ1) is 9.21. The van der Waals surface area contributed by atoms with Crippen LogP contribution < -0.4 is 0 Å². The second kappa shape index (κ2) is 3.09. The molecule has 2 heteroatoms. The summed E-state index contributed by atoms with van der Waals surface area (Å²) in [6.45, 7) is 3.81. The van der Waals surface area contributed by atoms with Crippen molar-refractivity contribution in [1.82, 2.24) is 4.98 Å². The molecular weight excluding hydrogens is 177 g/mol. The second-order valence-electron chi connectivity index (χ2n) is 4.10. The maximum Gasteiger partial charge on any atom is 0.160 e. The van der Waals surface area contributed by atoms with Gasteiger partial charge in [-0.05, 0) is 44.2 Å². The van der Waals surface area contributed by atoms with Crippen molar-refractivity contribution in [3.8, 4) is 11.8 Å². The van der Waals surface area contributed by atoms with Crippen molar-refractivity contribution in [2.75, 3.05) is 0 Å². The first-order valence-corrected chi connectivity index (χ1v) is 4.75. The third-order valence-corrected chi connectivity index (χ3v) is 2.56. The van der Waals surface area contributed by atoms with Gasteiger partial charge in [-0.3, -0.25) is 0 Å². The van der Waals surface area contributed by atoms with E-state index in [1.165, 1.54) is 0 Å².